The van der Waals surface area contributed by atoms with Gasteiger partial charge in [0.15, 0.2) is 0 Å². The van der Waals surface area contributed by atoms with Crippen molar-refractivity contribution in [2.75, 3.05) is 18.0 Å². The van der Waals surface area contributed by atoms with E-state index in [2.05, 4.69) is 5.32 Å². The molecule has 0 spiro atoms. The lowest BCUT2D eigenvalue weighted by Crippen LogP contribution is -2.28. The van der Waals surface area contributed by atoms with Crippen molar-refractivity contribution in [3.8, 4) is 0 Å². The zero-order valence-electron chi connectivity index (χ0n) is 11.9. The summed E-state index contributed by atoms with van der Waals surface area (Å²) in [7, 11) is 0. The van der Waals surface area contributed by atoms with Crippen molar-refractivity contribution in [3.05, 3.63) is 29.3 Å². The van der Waals surface area contributed by atoms with Gasteiger partial charge in [-0.05, 0) is 44.0 Å². The van der Waals surface area contributed by atoms with E-state index in [4.69, 9.17) is 0 Å². The van der Waals surface area contributed by atoms with Crippen LogP contribution in [-0.4, -0.2) is 19.1 Å². The lowest BCUT2D eigenvalue weighted by Gasteiger charge is -2.27. The fourth-order valence-corrected chi connectivity index (χ4v) is 2.45. The Morgan fingerprint density at radius 1 is 1.25 bits per heavy atom. The van der Waals surface area contributed by atoms with Gasteiger partial charge in [-0.2, -0.15) is 13.2 Å². The highest BCUT2D eigenvalue weighted by Crippen LogP contribution is 2.41. The summed E-state index contributed by atoms with van der Waals surface area (Å²) < 4.78 is 39.9. The molecule has 0 radical (unpaired) electrons. The van der Waals surface area contributed by atoms with Crippen molar-refractivity contribution >= 4 is 5.69 Å². The second kappa shape index (κ2) is 6.04. The van der Waals surface area contributed by atoms with Crippen LogP contribution >= 0.6 is 0 Å². The number of nitrogens with zero attached hydrogens (tertiary/aromatic N) is 1. The van der Waals surface area contributed by atoms with Gasteiger partial charge in [0.25, 0.3) is 0 Å². The molecule has 0 bridgehead atoms. The van der Waals surface area contributed by atoms with Crippen LogP contribution in [0.15, 0.2) is 18.2 Å². The molecular formula is C15H21F3N2. The van der Waals surface area contributed by atoms with Crippen LogP contribution in [0.2, 0.25) is 0 Å². The van der Waals surface area contributed by atoms with Crippen LogP contribution in [-0.2, 0) is 12.7 Å². The maximum absolute atomic E-state index is 13.3. The second-order valence-corrected chi connectivity index (χ2v) is 5.15. The van der Waals surface area contributed by atoms with Gasteiger partial charge in [-0.15, -0.1) is 0 Å². The molecule has 1 fully saturated rings. The number of benzene rings is 1. The van der Waals surface area contributed by atoms with Crippen molar-refractivity contribution in [1.82, 2.24) is 5.32 Å². The van der Waals surface area contributed by atoms with Crippen LogP contribution < -0.4 is 10.2 Å². The van der Waals surface area contributed by atoms with Crippen LogP contribution in [0.25, 0.3) is 0 Å². The first-order valence-electron chi connectivity index (χ1n) is 7.14. The Kier molecular flexibility index (Phi) is 4.58. The Morgan fingerprint density at radius 3 is 2.45 bits per heavy atom. The van der Waals surface area contributed by atoms with E-state index in [9.17, 15) is 13.2 Å². The molecule has 2 nitrogen and oxygen atoms in total. The molecular weight excluding hydrogens is 265 g/mol. The number of halogens is 3. The monoisotopic (exact) mass is 286 g/mol. The van der Waals surface area contributed by atoms with Gasteiger partial charge in [-0.25, -0.2) is 0 Å². The van der Waals surface area contributed by atoms with E-state index in [0.29, 0.717) is 24.3 Å². The molecule has 112 valence electrons. The summed E-state index contributed by atoms with van der Waals surface area (Å²) in [5, 5.41) is 3.06. The Morgan fingerprint density at radius 2 is 1.95 bits per heavy atom. The SMILES string of the molecule is CCNCc1ccc(N(CC)C2CC2)c(C(F)(F)F)c1. The summed E-state index contributed by atoms with van der Waals surface area (Å²) in [5.74, 6) is 0. The van der Waals surface area contributed by atoms with E-state index in [1.54, 1.807) is 12.1 Å². The second-order valence-electron chi connectivity index (χ2n) is 5.15. The Bertz CT molecular complexity index is 453. The van der Waals surface area contributed by atoms with Crippen LogP contribution in [0.1, 0.15) is 37.8 Å². The first kappa shape index (κ1) is 15.2. The molecule has 5 heteroatoms. The van der Waals surface area contributed by atoms with Gasteiger partial charge in [0.1, 0.15) is 0 Å². The zero-order valence-corrected chi connectivity index (χ0v) is 11.9. The van der Waals surface area contributed by atoms with Crippen LogP contribution in [0, 0.1) is 0 Å². The molecule has 0 aromatic heterocycles. The summed E-state index contributed by atoms with van der Waals surface area (Å²) >= 11 is 0. The summed E-state index contributed by atoms with van der Waals surface area (Å²) in [6.45, 7) is 5.66. The largest absolute Gasteiger partial charge is 0.418 e. The Labute approximate surface area is 118 Å². The predicted octanol–water partition coefficient (Wildman–Crippen LogP) is 3.80. The zero-order chi connectivity index (χ0) is 14.8. The number of alkyl halides is 3. The third kappa shape index (κ3) is 3.45. The number of rotatable bonds is 6. The lowest BCUT2D eigenvalue weighted by molar-refractivity contribution is -0.137. The summed E-state index contributed by atoms with van der Waals surface area (Å²) in [5.41, 5.74) is 0.485. The van der Waals surface area contributed by atoms with Gasteiger partial charge >= 0.3 is 6.18 Å². The van der Waals surface area contributed by atoms with E-state index in [0.717, 1.165) is 19.4 Å². The van der Waals surface area contributed by atoms with Crippen LogP contribution in [0.4, 0.5) is 18.9 Å². The van der Waals surface area contributed by atoms with E-state index in [-0.39, 0.29) is 6.04 Å². The van der Waals surface area contributed by atoms with Crippen molar-refractivity contribution in [2.45, 2.75) is 45.5 Å². The highest BCUT2D eigenvalue weighted by atomic mass is 19.4. The first-order chi connectivity index (χ1) is 9.47. The molecule has 0 aliphatic heterocycles. The van der Waals surface area contributed by atoms with Crippen molar-refractivity contribution < 1.29 is 13.2 Å². The molecule has 1 aromatic rings. The fourth-order valence-electron chi connectivity index (χ4n) is 2.45. The summed E-state index contributed by atoms with van der Waals surface area (Å²) in [4.78, 5) is 1.87. The van der Waals surface area contributed by atoms with Crippen molar-refractivity contribution in [3.63, 3.8) is 0 Å². The highest BCUT2D eigenvalue weighted by molar-refractivity contribution is 5.58. The van der Waals surface area contributed by atoms with E-state index >= 15 is 0 Å². The molecule has 1 aliphatic carbocycles. The van der Waals surface area contributed by atoms with Crippen LogP contribution in [0.5, 0.6) is 0 Å². The van der Waals surface area contributed by atoms with Crippen molar-refractivity contribution in [2.24, 2.45) is 0 Å². The van der Waals surface area contributed by atoms with Gasteiger partial charge in [-0.1, -0.05) is 13.0 Å². The third-order valence-electron chi connectivity index (χ3n) is 3.58. The maximum Gasteiger partial charge on any atom is 0.418 e. The minimum atomic E-state index is -4.31. The molecule has 20 heavy (non-hydrogen) atoms. The minimum absolute atomic E-state index is 0.278. The molecule has 2 rings (SSSR count). The fraction of sp³-hybridized carbons (Fsp3) is 0.600. The molecule has 0 heterocycles. The Balaban J connectivity index is 2.34. The Hall–Kier alpha value is -1.23. The summed E-state index contributed by atoms with van der Waals surface area (Å²) in [6, 6.07) is 4.97. The average Bonchev–Trinajstić information content (AvgIpc) is 3.21. The lowest BCUT2D eigenvalue weighted by atomic mass is 10.1. The topological polar surface area (TPSA) is 15.3 Å². The van der Waals surface area contributed by atoms with E-state index in [1.165, 1.54) is 6.07 Å². The number of hydrogen-bond acceptors (Lipinski definition) is 2. The number of nitrogens with one attached hydrogen (secondary N) is 1. The van der Waals surface area contributed by atoms with E-state index < -0.39 is 11.7 Å². The summed E-state index contributed by atoms with van der Waals surface area (Å²) in [6.07, 6.45) is -2.32. The van der Waals surface area contributed by atoms with Crippen LogP contribution in [0.3, 0.4) is 0 Å². The molecule has 1 aliphatic rings. The minimum Gasteiger partial charge on any atom is -0.368 e. The maximum atomic E-state index is 13.3. The van der Waals surface area contributed by atoms with E-state index in [1.807, 2.05) is 18.7 Å². The van der Waals surface area contributed by atoms with Gasteiger partial charge in [0.05, 0.1) is 5.56 Å². The number of anilines is 1. The molecule has 0 unspecified atom stereocenters. The molecule has 0 saturated heterocycles. The van der Waals surface area contributed by atoms with Gasteiger partial charge in [0.2, 0.25) is 0 Å². The number of hydrogen-bond donors (Lipinski definition) is 1. The van der Waals surface area contributed by atoms with Gasteiger partial charge in [0, 0.05) is 24.8 Å². The molecule has 0 atom stereocenters. The average molecular weight is 286 g/mol. The van der Waals surface area contributed by atoms with Crippen molar-refractivity contribution in [1.29, 1.82) is 0 Å². The highest BCUT2D eigenvalue weighted by Gasteiger charge is 2.38. The molecule has 1 aromatic carbocycles. The standard InChI is InChI=1S/C15H21F3N2/c1-3-19-10-11-5-8-14(13(9-11)15(16,17)18)20(4-2)12-6-7-12/h5,8-9,12,19H,3-4,6-7,10H2,1-2H3. The van der Waals surface area contributed by atoms with Gasteiger partial charge in [-0.3, -0.25) is 0 Å². The van der Waals surface area contributed by atoms with Gasteiger partial charge < -0.3 is 10.2 Å². The molecule has 1 N–H and O–H groups in total. The smallest absolute Gasteiger partial charge is 0.368 e. The molecule has 0 amide bonds. The normalized spacial score (nSPS) is 15.4. The predicted molar refractivity (Wildman–Crippen MR) is 74.9 cm³/mol. The quantitative estimate of drug-likeness (QED) is 0.855. The first-order valence-corrected chi connectivity index (χ1v) is 7.14. The molecule has 1 saturated carbocycles. The third-order valence-corrected chi connectivity index (χ3v) is 3.58.